The van der Waals surface area contributed by atoms with Crippen LogP contribution in [0.25, 0.3) is 10.9 Å². The van der Waals surface area contributed by atoms with Crippen molar-refractivity contribution >= 4 is 33.4 Å². The Balaban J connectivity index is 1.54. The van der Waals surface area contributed by atoms with Crippen LogP contribution >= 0.6 is 11.5 Å². The number of hydrogen-bond donors (Lipinski definition) is 1. The lowest BCUT2D eigenvalue weighted by atomic mass is 10.1. The van der Waals surface area contributed by atoms with Gasteiger partial charge in [0.05, 0.1) is 33.0 Å². The first-order chi connectivity index (χ1) is 16.0. The molecular formula is C23H24N4O5S. The van der Waals surface area contributed by atoms with Gasteiger partial charge in [0.25, 0.3) is 0 Å². The quantitative estimate of drug-likeness (QED) is 0.368. The van der Waals surface area contributed by atoms with E-state index >= 15 is 0 Å². The van der Waals surface area contributed by atoms with Gasteiger partial charge in [0.2, 0.25) is 5.88 Å². The molecule has 0 atom stereocenters. The third-order valence-corrected chi connectivity index (χ3v) is 6.02. The number of carbonyl (C=O) groups is 1. The minimum atomic E-state index is -0.525. The second-order valence-corrected chi connectivity index (χ2v) is 7.89. The molecule has 0 bridgehead atoms. The van der Waals surface area contributed by atoms with E-state index in [-0.39, 0.29) is 18.1 Å². The second kappa shape index (κ2) is 9.78. The number of benzene rings is 2. The lowest BCUT2D eigenvalue weighted by molar-refractivity contribution is 0.0596. The van der Waals surface area contributed by atoms with Crippen LogP contribution in [0.3, 0.4) is 0 Å². The van der Waals surface area contributed by atoms with Crippen LogP contribution in [0.15, 0.2) is 42.6 Å². The molecule has 10 heteroatoms. The first-order valence-electron chi connectivity index (χ1n) is 10.1. The normalized spacial score (nSPS) is 10.8. The van der Waals surface area contributed by atoms with Crippen molar-refractivity contribution in [3.8, 4) is 17.4 Å². The summed E-state index contributed by atoms with van der Waals surface area (Å²) in [5.41, 5.74) is 3.10. The van der Waals surface area contributed by atoms with Crippen molar-refractivity contribution in [2.75, 3.05) is 26.6 Å². The first-order valence-corrected chi connectivity index (χ1v) is 10.9. The third kappa shape index (κ3) is 4.56. The average molecular weight is 469 g/mol. The van der Waals surface area contributed by atoms with E-state index in [1.54, 1.807) is 31.2 Å². The summed E-state index contributed by atoms with van der Waals surface area (Å²) in [6.07, 6.45) is 1.80. The van der Waals surface area contributed by atoms with Gasteiger partial charge in [-0.2, -0.15) is 9.47 Å². The predicted molar refractivity (Wildman–Crippen MR) is 125 cm³/mol. The van der Waals surface area contributed by atoms with Crippen LogP contribution in [-0.2, 0) is 24.9 Å². The zero-order valence-corrected chi connectivity index (χ0v) is 19.6. The molecule has 0 aliphatic carbocycles. The molecule has 2 aromatic carbocycles. The molecule has 0 spiro atoms. The van der Waals surface area contributed by atoms with Crippen molar-refractivity contribution in [2.24, 2.45) is 7.05 Å². The summed E-state index contributed by atoms with van der Waals surface area (Å²) >= 11 is 1.13. The van der Waals surface area contributed by atoms with E-state index < -0.39 is 5.97 Å². The Morgan fingerprint density at radius 1 is 1.12 bits per heavy atom. The van der Waals surface area contributed by atoms with Crippen LogP contribution in [0.4, 0.5) is 5.00 Å². The van der Waals surface area contributed by atoms with Gasteiger partial charge in [0, 0.05) is 36.2 Å². The molecule has 33 heavy (non-hydrogen) atoms. The largest absolute Gasteiger partial charge is 0.497 e. The Hall–Kier alpha value is -3.79. The van der Waals surface area contributed by atoms with E-state index in [9.17, 15) is 4.79 Å². The van der Waals surface area contributed by atoms with Gasteiger partial charge in [-0.15, -0.1) is 0 Å². The molecule has 2 aromatic heterocycles. The van der Waals surface area contributed by atoms with Gasteiger partial charge in [-0.05, 0) is 29.7 Å². The fraction of sp³-hybridized carbons (Fsp3) is 0.261. The highest BCUT2D eigenvalue weighted by atomic mass is 32.1. The first kappa shape index (κ1) is 22.4. The summed E-state index contributed by atoms with van der Waals surface area (Å²) in [5, 5.41) is 9.08. The molecule has 0 radical (unpaired) electrons. The van der Waals surface area contributed by atoms with Crippen molar-refractivity contribution < 1.29 is 23.7 Å². The Morgan fingerprint density at radius 3 is 2.73 bits per heavy atom. The van der Waals surface area contributed by atoms with E-state index in [1.807, 2.05) is 37.4 Å². The molecule has 4 aromatic rings. The van der Waals surface area contributed by atoms with E-state index in [4.69, 9.17) is 18.9 Å². The smallest absolute Gasteiger partial charge is 0.346 e. The number of hydrogen-bond acceptors (Lipinski definition) is 9. The van der Waals surface area contributed by atoms with Crippen LogP contribution in [0, 0.1) is 0 Å². The SMILES string of the molecule is COC(=O)c1c(OCc2cccc3c2cnn3C)nsc1NCc1ccc(OC)cc1OC. The van der Waals surface area contributed by atoms with Gasteiger partial charge in [-0.1, -0.05) is 12.1 Å². The monoisotopic (exact) mass is 468 g/mol. The molecule has 0 amide bonds. The lowest BCUT2D eigenvalue weighted by Crippen LogP contribution is -2.09. The molecule has 0 saturated heterocycles. The van der Waals surface area contributed by atoms with Gasteiger partial charge in [0.1, 0.15) is 23.1 Å². The second-order valence-electron chi connectivity index (χ2n) is 7.12. The summed E-state index contributed by atoms with van der Waals surface area (Å²) in [4.78, 5) is 12.5. The maximum atomic E-state index is 12.5. The van der Waals surface area contributed by atoms with Crippen LogP contribution in [0.1, 0.15) is 21.5 Å². The predicted octanol–water partition coefficient (Wildman–Crippen LogP) is 4.02. The summed E-state index contributed by atoms with van der Waals surface area (Å²) in [5.74, 6) is 1.06. The maximum Gasteiger partial charge on any atom is 0.346 e. The Bertz CT molecular complexity index is 1280. The van der Waals surface area contributed by atoms with Gasteiger partial charge < -0.3 is 24.3 Å². The fourth-order valence-corrected chi connectivity index (χ4v) is 4.18. The highest BCUT2D eigenvalue weighted by Gasteiger charge is 2.24. The number of carbonyl (C=O) groups excluding carboxylic acids is 1. The number of rotatable bonds is 9. The zero-order chi connectivity index (χ0) is 23.4. The molecule has 0 unspecified atom stereocenters. The molecule has 2 heterocycles. The lowest BCUT2D eigenvalue weighted by Gasteiger charge is -2.12. The number of fused-ring (bicyclic) bond motifs is 1. The van der Waals surface area contributed by atoms with E-state index in [1.165, 1.54) is 7.11 Å². The number of anilines is 1. The highest BCUT2D eigenvalue weighted by Crippen LogP contribution is 2.34. The number of aromatic nitrogens is 3. The van der Waals surface area contributed by atoms with Crippen LogP contribution < -0.4 is 19.5 Å². The van der Waals surface area contributed by atoms with Crippen LogP contribution in [-0.4, -0.2) is 41.5 Å². The van der Waals surface area contributed by atoms with Gasteiger partial charge in [0.15, 0.2) is 5.56 Å². The molecule has 0 saturated carbocycles. The number of ether oxygens (including phenoxy) is 4. The fourth-order valence-electron chi connectivity index (χ4n) is 3.46. The van der Waals surface area contributed by atoms with Gasteiger partial charge >= 0.3 is 5.97 Å². The van der Waals surface area contributed by atoms with Crippen LogP contribution in [0.2, 0.25) is 0 Å². The number of nitrogens with one attached hydrogen (secondary N) is 1. The van der Waals surface area contributed by atoms with E-state index in [2.05, 4.69) is 14.8 Å². The number of nitrogens with zero attached hydrogens (tertiary/aromatic N) is 3. The van der Waals surface area contributed by atoms with Crippen molar-refractivity contribution in [3.05, 3.63) is 59.3 Å². The number of esters is 1. The standard InChI is InChI=1S/C23H24N4O5S/c1-27-18-7-5-6-15(17(18)12-25-27)13-32-21-20(23(28)31-4)22(33-26-21)24-11-14-8-9-16(29-2)10-19(14)30-3/h5-10,12,24H,11,13H2,1-4H3. The molecule has 0 aliphatic heterocycles. The Labute approximate surface area is 195 Å². The minimum Gasteiger partial charge on any atom is -0.497 e. The highest BCUT2D eigenvalue weighted by molar-refractivity contribution is 7.10. The molecule has 9 nitrogen and oxygen atoms in total. The molecular weight excluding hydrogens is 444 g/mol. The average Bonchev–Trinajstić information content (AvgIpc) is 3.44. The Morgan fingerprint density at radius 2 is 1.97 bits per heavy atom. The molecule has 0 fully saturated rings. The van der Waals surface area contributed by atoms with Crippen molar-refractivity contribution in [1.29, 1.82) is 0 Å². The molecule has 0 aliphatic rings. The van der Waals surface area contributed by atoms with E-state index in [0.29, 0.717) is 23.0 Å². The maximum absolute atomic E-state index is 12.5. The Kier molecular flexibility index (Phi) is 6.64. The van der Waals surface area contributed by atoms with Crippen molar-refractivity contribution in [2.45, 2.75) is 13.2 Å². The zero-order valence-electron chi connectivity index (χ0n) is 18.7. The number of methoxy groups -OCH3 is 3. The van der Waals surface area contributed by atoms with Gasteiger partial charge in [-0.3, -0.25) is 4.68 Å². The van der Waals surface area contributed by atoms with Gasteiger partial charge in [-0.25, -0.2) is 4.79 Å². The summed E-state index contributed by atoms with van der Waals surface area (Å²) in [6.45, 7) is 0.649. The minimum absolute atomic E-state index is 0.219. The topological polar surface area (TPSA) is 96.7 Å². The summed E-state index contributed by atoms with van der Waals surface area (Å²) in [7, 11) is 6.41. The summed E-state index contributed by atoms with van der Waals surface area (Å²) in [6, 6.07) is 11.4. The third-order valence-electron chi connectivity index (χ3n) is 5.23. The van der Waals surface area contributed by atoms with E-state index in [0.717, 1.165) is 33.6 Å². The molecule has 4 rings (SSSR count). The summed E-state index contributed by atoms with van der Waals surface area (Å²) < 4.78 is 27.8. The number of aryl methyl sites for hydroxylation is 1. The van der Waals surface area contributed by atoms with Crippen molar-refractivity contribution in [1.82, 2.24) is 14.2 Å². The van der Waals surface area contributed by atoms with Crippen molar-refractivity contribution in [3.63, 3.8) is 0 Å². The van der Waals surface area contributed by atoms with Crippen LogP contribution in [0.5, 0.6) is 17.4 Å². The molecule has 172 valence electrons. The molecule has 1 N–H and O–H groups in total.